The van der Waals surface area contributed by atoms with Gasteiger partial charge in [-0.3, -0.25) is 20.2 Å². The summed E-state index contributed by atoms with van der Waals surface area (Å²) in [5.74, 6) is 0.306. The lowest BCUT2D eigenvalue weighted by Gasteiger charge is -2.02. The summed E-state index contributed by atoms with van der Waals surface area (Å²) in [7, 11) is 1.58. The van der Waals surface area contributed by atoms with Crippen LogP contribution in [-0.4, -0.2) is 29.3 Å². The molecule has 1 fully saturated rings. The van der Waals surface area contributed by atoms with Crippen molar-refractivity contribution in [3.8, 4) is 5.75 Å². The van der Waals surface area contributed by atoms with Gasteiger partial charge in [-0.05, 0) is 63.6 Å². The van der Waals surface area contributed by atoms with Gasteiger partial charge in [0.1, 0.15) is 5.75 Å². The van der Waals surface area contributed by atoms with E-state index in [1.54, 1.807) is 13.2 Å². The summed E-state index contributed by atoms with van der Waals surface area (Å²) in [6, 6.07) is 9.43. The first-order chi connectivity index (χ1) is 13.9. The molecule has 0 spiro atoms. The zero-order valence-electron chi connectivity index (χ0n) is 14.8. The minimum atomic E-state index is -0.528. The van der Waals surface area contributed by atoms with Gasteiger partial charge in [0.15, 0.2) is 5.17 Å². The van der Waals surface area contributed by atoms with Gasteiger partial charge in [-0.25, -0.2) is 0 Å². The predicted octanol–water partition coefficient (Wildman–Crippen LogP) is 4.61. The Hall–Kier alpha value is -2.69. The Bertz CT molecular complexity index is 1090. The Morgan fingerprint density at radius 1 is 1.31 bits per heavy atom. The number of methoxy groups -OCH3 is 1. The lowest BCUT2D eigenvalue weighted by Crippen LogP contribution is -2.19. The standard InChI is InChI=1S/C18H12BrClN4O4S/c1-28-15-5-2-10(6-13(15)19)9-21-23-18-22-17(25)16(29-18)8-11-7-12(24(26)27)3-4-14(11)20/h2-9H,1H3,(H,22,23,25)/b16-8+,21-9+. The molecule has 1 heterocycles. The van der Waals surface area contributed by atoms with E-state index >= 15 is 0 Å². The van der Waals surface area contributed by atoms with E-state index in [1.165, 1.54) is 30.5 Å². The normalized spacial score (nSPS) is 16.6. The average molecular weight is 496 g/mol. The fourth-order valence-electron chi connectivity index (χ4n) is 2.28. The zero-order chi connectivity index (χ0) is 21.0. The van der Waals surface area contributed by atoms with E-state index in [2.05, 4.69) is 31.4 Å². The molecule has 0 aliphatic carbocycles. The molecule has 1 amide bonds. The number of hydrogen-bond acceptors (Lipinski definition) is 7. The van der Waals surface area contributed by atoms with Gasteiger partial charge in [-0.1, -0.05) is 11.6 Å². The quantitative estimate of drug-likeness (QED) is 0.282. The lowest BCUT2D eigenvalue weighted by molar-refractivity contribution is -0.384. The van der Waals surface area contributed by atoms with Crippen molar-refractivity contribution in [2.75, 3.05) is 7.11 Å². The zero-order valence-corrected chi connectivity index (χ0v) is 17.9. The fraction of sp³-hybridized carbons (Fsp3) is 0.0556. The number of hydrogen-bond donors (Lipinski definition) is 1. The number of nitro benzene ring substituents is 1. The molecule has 1 aliphatic rings. The summed E-state index contributed by atoms with van der Waals surface area (Å²) in [6.07, 6.45) is 3.01. The largest absolute Gasteiger partial charge is 0.496 e. The number of carbonyl (C=O) groups is 1. The first-order valence-electron chi connectivity index (χ1n) is 7.97. The minimum Gasteiger partial charge on any atom is -0.496 e. The molecule has 0 radical (unpaired) electrons. The van der Waals surface area contributed by atoms with E-state index in [-0.39, 0.29) is 10.9 Å². The molecule has 1 saturated heterocycles. The SMILES string of the molecule is COc1ccc(/C=N/N=C2/NC(=O)/C(=C\c3cc([N+](=O)[O-])ccc3Cl)S2)cc1Br. The van der Waals surface area contributed by atoms with Gasteiger partial charge in [0.2, 0.25) is 0 Å². The molecular formula is C18H12BrClN4O4S. The Balaban J connectivity index is 1.76. The molecule has 0 aromatic heterocycles. The van der Waals surface area contributed by atoms with Crippen molar-refractivity contribution < 1.29 is 14.5 Å². The lowest BCUT2D eigenvalue weighted by atomic mass is 10.2. The van der Waals surface area contributed by atoms with Crippen LogP contribution >= 0.6 is 39.3 Å². The maximum Gasteiger partial charge on any atom is 0.270 e. The van der Waals surface area contributed by atoms with Gasteiger partial charge in [0.05, 0.1) is 27.6 Å². The highest BCUT2D eigenvalue weighted by molar-refractivity contribution is 9.10. The number of nitro groups is 1. The number of amidine groups is 1. The summed E-state index contributed by atoms with van der Waals surface area (Å²) in [6.45, 7) is 0. The molecule has 0 unspecified atom stereocenters. The molecule has 3 rings (SSSR count). The number of halogens is 2. The number of nitrogens with zero attached hydrogens (tertiary/aromatic N) is 3. The van der Waals surface area contributed by atoms with Crippen molar-refractivity contribution in [1.82, 2.24) is 5.32 Å². The van der Waals surface area contributed by atoms with Gasteiger partial charge in [-0.2, -0.15) is 5.10 Å². The number of ether oxygens (including phenoxy) is 1. The highest BCUT2D eigenvalue weighted by Gasteiger charge is 2.24. The van der Waals surface area contributed by atoms with E-state index in [1.807, 2.05) is 12.1 Å². The third-order valence-corrected chi connectivity index (χ3v) is 5.52. The smallest absolute Gasteiger partial charge is 0.270 e. The highest BCUT2D eigenvalue weighted by atomic mass is 79.9. The van der Waals surface area contributed by atoms with Gasteiger partial charge < -0.3 is 4.74 Å². The van der Waals surface area contributed by atoms with Crippen molar-refractivity contribution in [2.24, 2.45) is 10.2 Å². The highest BCUT2D eigenvalue weighted by Crippen LogP contribution is 2.30. The van der Waals surface area contributed by atoms with Crippen molar-refractivity contribution in [1.29, 1.82) is 0 Å². The number of benzene rings is 2. The second-order valence-electron chi connectivity index (χ2n) is 5.57. The van der Waals surface area contributed by atoms with Crippen LogP contribution in [0.4, 0.5) is 5.69 Å². The molecule has 148 valence electrons. The first-order valence-corrected chi connectivity index (χ1v) is 9.95. The third-order valence-electron chi connectivity index (χ3n) is 3.66. The number of non-ortho nitro benzene ring substituents is 1. The maximum absolute atomic E-state index is 12.1. The summed E-state index contributed by atoms with van der Waals surface area (Å²) in [5.41, 5.74) is 1.04. The molecule has 29 heavy (non-hydrogen) atoms. The topological polar surface area (TPSA) is 106 Å². The molecule has 11 heteroatoms. The van der Waals surface area contributed by atoms with E-state index in [9.17, 15) is 14.9 Å². The second kappa shape index (κ2) is 9.21. The summed E-state index contributed by atoms with van der Waals surface area (Å²) < 4.78 is 5.94. The Kier molecular flexibility index (Phi) is 6.68. The fourth-order valence-corrected chi connectivity index (χ4v) is 3.78. The van der Waals surface area contributed by atoms with Gasteiger partial charge in [0.25, 0.3) is 11.6 Å². The van der Waals surface area contributed by atoms with Crippen molar-refractivity contribution in [2.45, 2.75) is 0 Å². The van der Waals surface area contributed by atoms with E-state index in [0.29, 0.717) is 21.2 Å². The monoisotopic (exact) mass is 494 g/mol. The second-order valence-corrected chi connectivity index (χ2v) is 7.86. The van der Waals surface area contributed by atoms with Crippen LogP contribution in [0.2, 0.25) is 5.02 Å². The van der Waals surface area contributed by atoms with Gasteiger partial charge in [0, 0.05) is 22.7 Å². The van der Waals surface area contributed by atoms with Gasteiger partial charge in [-0.15, -0.1) is 5.10 Å². The van der Waals surface area contributed by atoms with Crippen LogP contribution < -0.4 is 10.1 Å². The molecule has 2 aromatic carbocycles. The van der Waals surface area contributed by atoms with Crippen LogP contribution in [0.25, 0.3) is 6.08 Å². The van der Waals surface area contributed by atoms with Gasteiger partial charge >= 0.3 is 0 Å². The average Bonchev–Trinajstić information content (AvgIpc) is 3.02. The molecular weight excluding hydrogens is 484 g/mol. The van der Waals surface area contributed by atoms with E-state index in [0.717, 1.165) is 21.8 Å². The predicted molar refractivity (Wildman–Crippen MR) is 118 cm³/mol. The molecule has 1 aliphatic heterocycles. The maximum atomic E-state index is 12.1. The minimum absolute atomic E-state index is 0.117. The molecule has 0 saturated carbocycles. The third kappa shape index (κ3) is 5.22. The van der Waals surface area contributed by atoms with Crippen LogP contribution in [-0.2, 0) is 4.79 Å². The number of carbonyl (C=O) groups excluding carboxylic acids is 1. The Morgan fingerprint density at radius 2 is 2.10 bits per heavy atom. The van der Waals surface area contributed by atoms with Crippen molar-refractivity contribution in [3.05, 3.63) is 72.0 Å². The number of thioether (sulfide) groups is 1. The van der Waals surface area contributed by atoms with Crippen LogP contribution in [0.3, 0.4) is 0 Å². The summed E-state index contributed by atoms with van der Waals surface area (Å²) >= 11 is 10.5. The molecule has 1 N–H and O–H groups in total. The number of nitrogens with one attached hydrogen (secondary N) is 1. The van der Waals surface area contributed by atoms with Crippen molar-refractivity contribution in [3.63, 3.8) is 0 Å². The number of amides is 1. The Morgan fingerprint density at radius 3 is 2.79 bits per heavy atom. The van der Waals surface area contributed by atoms with E-state index in [4.69, 9.17) is 16.3 Å². The molecule has 0 atom stereocenters. The molecule has 2 aromatic rings. The Labute approximate surface area is 183 Å². The first kappa shape index (κ1) is 21.0. The van der Waals surface area contributed by atoms with Crippen LogP contribution in [0.5, 0.6) is 5.75 Å². The van der Waals surface area contributed by atoms with Crippen LogP contribution in [0.15, 0.2) is 56.0 Å². The summed E-state index contributed by atoms with van der Waals surface area (Å²) in [4.78, 5) is 22.8. The van der Waals surface area contributed by atoms with Crippen molar-refractivity contribution >= 4 is 68.3 Å². The number of rotatable bonds is 5. The van der Waals surface area contributed by atoms with E-state index < -0.39 is 10.8 Å². The van der Waals surface area contributed by atoms with Crippen LogP contribution in [0.1, 0.15) is 11.1 Å². The summed E-state index contributed by atoms with van der Waals surface area (Å²) in [5, 5.41) is 22.0. The molecule has 0 bridgehead atoms. The molecule has 8 nitrogen and oxygen atoms in total. The van der Waals surface area contributed by atoms with Crippen LogP contribution in [0, 0.1) is 10.1 Å².